The van der Waals surface area contributed by atoms with Crippen LogP contribution in [-0.4, -0.2) is 73.1 Å². The molecule has 2 amide bonds. The fraction of sp³-hybridized carbons (Fsp3) is 0.500. The first kappa shape index (κ1) is 36.2. The molecular formula is C40H51N3O7. The topological polar surface area (TPSA) is 119 Å². The highest BCUT2D eigenvalue weighted by molar-refractivity contribution is 5.76. The lowest BCUT2D eigenvalue weighted by Gasteiger charge is -2.41. The molecule has 0 aliphatic carbocycles. The summed E-state index contributed by atoms with van der Waals surface area (Å²) in [4.78, 5) is 26.0. The lowest BCUT2D eigenvalue weighted by Crippen LogP contribution is -2.48. The molecule has 6 rings (SSSR count). The van der Waals surface area contributed by atoms with Crippen LogP contribution in [0.3, 0.4) is 0 Å². The van der Waals surface area contributed by atoms with Gasteiger partial charge < -0.3 is 39.6 Å². The highest BCUT2D eigenvalue weighted by Gasteiger charge is 2.41. The zero-order valence-electron chi connectivity index (χ0n) is 29.1. The number of nitrogens with one attached hydrogen (secondary N) is 2. The number of benzene rings is 3. The van der Waals surface area contributed by atoms with Crippen molar-refractivity contribution in [2.24, 2.45) is 0 Å². The van der Waals surface area contributed by atoms with E-state index >= 15 is 0 Å². The largest absolute Gasteiger partial charge is 0.392 e. The summed E-state index contributed by atoms with van der Waals surface area (Å²) in [6.07, 6.45) is 4.76. The number of unbranched alkanes of at least 4 members (excludes halogenated alkanes) is 2. The van der Waals surface area contributed by atoms with E-state index in [4.69, 9.17) is 18.9 Å². The van der Waals surface area contributed by atoms with E-state index < -0.39 is 12.1 Å². The Labute approximate surface area is 295 Å². The van der Waals surface area contributed by atoms with Crippen molar-refractivity contribution in [3.63, 3.8) is 0 Å². The number of aliphatic hydroxyl groups excluding tert-OH is 1. The second-order valence-electron chi connectivity index (χ2n) is 13.6. The Hall–Kier alpha value is -3.64. The van der Waals surface area contributed by atoms with Crippen LogP contribution in [0.5, 0.6) is 0 Å². The maximum absolute atomic E-state index is 12.6. The molecule has 0 saturated carbocycles. The fourth-order valence-corrected chi connectivity index (χ4v) is 7.09. The Morgan fingerprint density at radius 3 is 2.30 bits per heavy atom. The summed E-state index contributed by atoms with van der Waals surface area (Å²) in [5, 5.41) is 15.4. The average molecular weight is 686 g/mol. The van der Waals surface area contributed by atoms with Crippen LogP contribution in [-0.2, 0) is 41.7 Å². The Bertz CT molecular complexity index is 1530. The third-order valence-corrected chi connectivity index (χ3v) is 9.95. The van der Waals surface area contributed by atoms with Gasteiger partial charge in [-0.3, -0.25) is 9.59 Å². The van der Waals surface area contributed by atoms with Crippen molar-refractivity contribution in [3.8, 4) is 11.1 Å². The number of hydrogen-bond donors (Lipinski definition) is 3. The summed E-state index contributed by atoms with van der Waals surface area (Å²) in [6, 6.07) is 24.5. The molecule has 3 N–H and O–H groups in total. The van der Waals surface area contributed by atoms with Gasteiger partial charge in [0.1, 0.15) is 0 Å². The predicted molar refractivity (Wildman–Crippen MR) is 190 cm³/mol. The summed E-state index contributed by atoms with van der Waals surface area (Å²) in [7, 11) is 0. The van der Waals surface area contributed by atoms with Gasteiger partial charge in [-0.25, -0.2) is 0 Å². The first-order chi connectivity index (χ1) is 24.4. The van der Waals surface area contributed by atoms with Gasteiger partial charge in [0.05, 0.1) is 32.0 Å². The van der Waals surface area contributed by atoms with Crippen molar-refractivity contribution in [2.75, 3.05) is 39.4 Å². The third kappa shape index (κ3) is 9.78. The Kier molecular flexibility index (Phi) is 12.7. The molecule has 3 aliphatic rings. The standard InChI is InChI=1S/C40H51N3O7/c1-29(45)41-20-6-2-3-9-38(46)42-26-34-7-4-5-8-36(34)31-14-16-33(17-15-31)39-49-35(25-37(50-39)32-12-10-30(28-44)11-13-32)27-43-21-18-40(19-22-43)47-23-24-48-40/h4-5,7-8,10-17,35,37,39,44H,2-3,6,9,18-28H2,1H3,(H,41,45)(H,42,46)/t35-,37+,39+/m1/s1. The number of rotatable bonds is 14. The minimum Gasteiger partial charge on any atom is -0.392 e. The van der Waals surface area contributed by atoms with Crippen LogP contribution in [0.15, 0.2) is 72.8 Å². The van der Waals surface area contributed by atoms with E-state index in [9.17, 15) is 14.7 Å². The van der Waals surface area contributed by atoms with Crippen molar-refractivity contribution >= 4 is 11.8 Å². The second kappa shape index (κ2) is 17.5. The smallest absolute Gasteiger partial charge is 0.220 e. The number of carbonyl (C=O) groups excluding carboxylic acids is 2. The lowest BCUT2D eigenvalue weighted by molar-refractivity contribution is -0.255. The average Bonchev–Trinajstić information content (AvgIpc) is 3.61. The molecule has 0 radical (unpaired) electrons. The number of carbonyl (C=O) groups is 2. The van der Waals surface area contributed by atoms with Gasteiger partial charge in [-0.15, -0.1) is 0 Å². The van der Waals surface area contributed by atoms with E-state index in [1.165, 1.54) is 6.92 Å². The predicted octanol–water partition coefficient (Wildman–Crippen LogP) is 5.54. The van der Waals surface area contributed by atoms with Gasteiger partial charge in [0, 0.05) is 70.9 Å². The number of nitrogens with zero attached hydrogens (tertiary/aromatic N) is 1. The summed E-state index contributed by atoms with van der Waals surface area (Å²) >= 11 is 0. The second-order valence-corrected chi connectivity index (χ2v) is 13.6. The van der Waals surface area contributed by atoms with Gasteiger partial charge >= 0.3 is 0 Å². The third-order valence-electron chi connectivity index (χ3n) is 9.95. The Balaban J connectivity index is 1.09. The number of amides is 2. The molecule has 3 aromatic rings. The minimum atomic E-state index is -0.532. The van der Waals surface area contributed by atoms with E-state index in [0.717, 1.165) is 91.5 Å². The quantitative estimate of drug-likeness (QED) is 0.189. The van der Waals surface area contributed by atoms with Crippen LogP contribution in [0.4, 0.5) is 0 Å². The molecule has 10 nitrogen and oxygen atoms in total. The minimum absolute atomic E-state index is 0.00795. The SMILES string of the molecule is CC(=O)NCCCCCC(=O)NCc1ccccc1-c1ccc([C@H]2O[C@@H](CN3CCC4(CC3)OCCO4)C[C@@H](c3ccc(CO)cc3)O2)cc1. The normalized spacial score (nSPS) is 22.0. The summed E-state index contributed by atoms with van der Waals surface area (Å²) in [6.45, 7) is 6.56. The Morgan fingerprint density at radius 1 is 0.860 bits per heavy atom. The number of likely N-dealkylation sites (tertiary alicyclic amines) is 1. The summed E-state index contributed by atoms with van der Waals surface area (Å²) in [5.74, 6) is -0.404. The monoisotopic (exact) mass is 685 g/mol. The van der Waals surface area contributed by atoms with Crippen LogP contribution in [0.2, 0.25) is 0 Å². The highest BCUT2D eigenvalue weighted by atomic mass is 16.7. The molecule has 3 fully saturated rings. The maximum Gasteiger partial charge on any atom is 0.220 e. The summed E-state index contributed by atoms with van der Waals surface area (Å²) in [5.41, 5.74) is 6.07. The van der Waals surface area contributed by atoms with Crippen molar-refractivity contribution in [1.29, 1.82) is 0 Å². The molecule has 3 aromatic carbocycles. The van der Waals surface area contributed by atoms with Gasteiger partial charge in [0.25, 0.3) is 0 Å². The van der Waals surface area contributed by atoms with E-state index in [0.29, 0.717) is 32.7 Å². The van der Waals surface area contributed by atoms with Crippen molar-refractivity contribution in [1.82, 2.24) is 15.5 Å². The van der Waals surface area contributed by atoms with Gasteiger partial charge in [0.2, 0.25) is 11.8 Å². The lowest BCUT2D eigenvalue weighted by atomic mass is 9.97. The first-order valence-electron chi connectivity index (χ1n) is 18.1. The molecule has 268 valence electrons. The molecule has 0 aromatic heterocycles. The van der Waals surface area contributed by atoms with Gasteiger partial charge in [-0.05, 0) is 40.7 Å². The molecule has 3 aliphatic heterocycles. The van der Waals surface area contributed by atoms with Gasteiger partial charge in [0.15, 0.2) is 12.1 Å². The van der Waals surface area contributed by atoms with Gasteiger partial charge in [-0.2, -0.15) is 0 Å². The number of hydrogen-bond acceptors (Lipinski definition) is 8. The molecule has 0 unspecified atom stereocenters. The Morgan fingerprint density at radius 2 is 1.58 bits per heavy atom. The van der Waals surface area contributed by atoms with Crippen molar-refractivity contribution in [2.45, 2.75) is 89.3 Å². The van der Waals surface area contributed by atoms with E-state index in [1.54, 1.807) is 0 Å². The zero-order chi connectivity index (χ0) is 34.8. The number of piperidine rings is 1. The van der Waals surface area contributed by atoms with Crippen LogP contribution < -0.4 is 10.6 Å². The van der Waals surface area contributed by atoms with E-state index in [-0.39, 0.29) is 30.6 Å². The van der Waals surface area contributed by atoms with Crippen molar-refractivity contribution in [3.05, 3.63) is 95.1 Å². The molecule has 50 heavy (non-hydrogen) atoms. The molecule has 1 spiro atoms. The molecule has 0 bridgehead atoms. The van der Waals surface area contributed by atoms with Crippen LogP contribution in [0.1, 0.15) is 86.5 Å². The molecule has 3 atom stereocenters. The van der Waals surface area contributed by atoms with Crippen LogP contribution >= 0.6 is 0 Å². The van der Waals surface area contributed by atoms with E-state index in [1.807, 2.05) is 36.4 Å². The van der Waals surface area contributed by atoms with Crippen LogP contribution in [0.25, 0.3) is 11.1 Å². The summed E-state index contributed by atoms with van der Waals surface area (Å²) < 4.78 is 25.2. The van der Waals surface area contributed by atoms with Gasteiger partial charge in [-0.1, -0.05) is 79.2 Å². The van der Waals surface area contributed by atoms with Crippen molar-refractivity contribution < 1.29 is 33.6 Å². The number of aliphatic hydroxyl groups is 1. The zero-order valence-corrected chi connectivity index (χ0v) is 29.1. The van der Waals surface area contributed by atoms with Crippen LogP contribution in [0, 0.1) is 0 Å². The maximum atomic E-state index is 12.6. The molecular weight excluding hydrogens is 634 g/mol. The molecule has 3 heterocycles. The molecule has 10 heteroatoms. The molecule has 3 saturated heterocycles. The first-order valence-corrected chi connectivity index (χ1v) is 18.1. The number of ether oxygens (including phenoxy) is 4. The fourth-order valence-electron chi connectivity index (χ4n) is 7.09. The highest BCUT2D eigenvalue weighted by Crippen LogP contribution is 2.39. The van der Waals surface area contributed by atoms with E-state index in [2.05, 4.69) is 51.9 Å².